The third kappa shape index (κ3) is 1.91. The van der Waals surface area contributed by atoms with E-state index in [-0.39, 0.29) is 6.04 Å². The fourth-order valence-electron chi connectivity index (χ4n) is 3.56. The van der Waals surface area contributed by atoms with Gasteiger partial charge in [0.15, 0.2) is 0 Å². The Morgan fingerprint density at radius 2 is 1.81 bits per heavy atom. The molecule has 1 aliphatic rings. The van der Waals surface area contributed by atoms with Crippen molar-refractivity contribution in [1.29, 1.82) is 5.26 Å². The molecule has 0 spiro atoms. The second-order valence-electron chi connectivity index (χ2n) is 6.16. The van der Waals surface area contributed by atoms with Crippen LogP contribution in [0, 0.1) is 11.3 Å². The van der Waals surface area contributed by atoms with Crippen molar-refractivity contribution in [2.45, 2.75) is 6.04 Å². The second kappa shape index (κ2) is 5.33. The van der Waals surface area contributed by atoms with Crippen LogP contribution in [0.1, 0.15) is 11.6 Å². The minimum Gasteiger partial charge on any atom is -0.384 e. The van der Waals surface area contributed by atoms with Crippen LogP contribution in [0.3, 0.4) is 0 Å². The monoisotopic (exact) mass is 338 g/mol. The highest BCUT2D eigenvalue weighted by molar-refractivity contribution is 5.88. The molecule has 0 aliphatic carbocycles. The zero-order valence-corrected chi connectivity index (χ0v) is 13.7. The van der Waals surface area contributed by atoms with Gasteiger partial charge in [0.1, 0.15) is 11.9 Å². The molecule has 1 atom stereocenters. The molecule has 0 amide bonds. The lowest BCUT2D eigenvalue weighted by Gasteiger charge is -2.27. The molecular weight excluding hydrogens is 324 g/mol. The number of nitrogens with one attached hydrogen (secondary N) is 1. The number of hydrogen-bond acceptors (Lipinski definition) is 5. The summed E-state index contributed by atoms with van der Waals surface area (Å²) in [7, 11) is 0. The summed E-state index contributed by atoms with van der Waals surface area (Å²) in [5.74, 6) is 1.04. The third-order valence-electron chi connectivity index (χ3n) is 4.75. The number of pyridine rings is 1. The molecule has 6 nitrogen and oxygen atoms in total. The number of aromatic nitrogens is 3. The Morgan fingerprint density at radius 3 is 2.65 bits per heavy atom. The number of fused-ring (bicyclic) bond motifs is 4. The maximum atomic E-state index is 9.82. The summed E-state index contributed by atoms with van der Waals surface area (Å²) in [6.45, 7) is 0. The number of anilines is 1. The quantitative estimate of drug-likeness (QED) is 0.555. The molecule has 124 valence electrons. The van der Waals surface area contributed by atoms with Crippen molar-refractivity contribution in [3.8, 4) is 6.07 Å². The van der Waals surface area contributed by atoms with Crippen molar-refractivity contribution in [1.82, 2.24) is 14.5 Å². The minimum absolute atomic E-state index is 0.378. The van der Waals surface area contributed by atoms with Crippen LogP contribution in [0.2, 0.25) is 0 Å². The van der Waals surface area contributed by atoms with Crippen LogP contribution in [0.25, 0.3) is 27.8 Å². The second-order valence-corrected chi connectivity index (χ2v) is 6.16. The third-order valence-corrected chi connectivity index (χ3v) is 4.75. The highest BCUT2D eigenvalue weighted by atomic mass is 15.3. The van der Waals surface area contributed by atoms with Gasteiger partial charge in [0.25, 0.3) is 0 Å². The molecule has 2 aromatic heterocycles. The topological polar surface area (TPSA) is 92.5 Å². The van der Waals surface area contributed by atoms with Crippen molar-refractivity contribution < 1.29 is 0 Å². The van der Waals surface area contributed by atoms with Gasteiger partial charge < -0.3 is 11.1 Å². The summed E-state index contributed by atoms with van der Waals surface area (Å²) in [6.07, 6.45) is 1.75. The van der Waals surface area contributed by atoms with Crippen molar-refractivity contribution in [3.05, 3.63) is 71.9 Å². The molecule has 3 heterocycles. The predicted octanol–water partition coefficient (Wildman–Crippen LogP) is 3.40. The lowest BCUT2D eigenvalue weighted by Crippen LogP contribution is -2.26. The number of hydrogen-bond donors (Lipinski definition) is 2. The molecule has 0 saturated carbocycles. The van der Waals surface area contributed by atoms with E-state index in [0.29, 0.717) is 17.3 Å². The Labute approximate surface area is 149 Å². The van der Waals surface area contributed by atoms with Crippen LogP contribution in [0.5, 0.6) is 0 Å². The lowest BCUT2D eigenvalue weighted by atomic mass is 9.95. The number of nitrogens with two attached hydrogens (primary N) is 1. The van der Waals surface area contributed by atoms with E-state index < -0.39 is 0 Å². The average molecular weight is 338 g/mol. The molecule has 3 N–H and O–H groups in total. The van der Waals surface area contributed by atoms with Crippen LogP contribution < -0.4 is 11.1 Å². The van der Waals surface area contributed by atoms with Gasteiger partial charge in [-0.25, -0.2) is 4.98 Å². The van der Waals surface area contributed by atoms with Gasteiger partial charge in [0.05, 0.1) is 28.2 Å². The summed E-state index contributed by atoms with van der Waals surface area (Å²) in [5.41, 5.74) is 10.4. The minimum atomic E-state index is -0.378. The summed E-state index contributed by atoms with van der Waals surface area (Å²) in [4.78, 5) is 9.05. The summed E-state index contributed by atoms with van der Waals surface area (Å²) in [6, 6.07) is 19.4. The van der Waals surface area contributed by atoms with Crippen LogP contribution in [0.15, 0.2) is 66.4 Å². The van der Waals surface area contributed by atoms with Gasteiger partial charge in [-0.15, -0.1) is 0 Å². The highest BCUT2D eigenvalue weighted by Crippen LogP contribution is 2.38. The van der Waals surface area contributed by atoms with Crippen molar-refractivity contribution in [2.24, 2.45) is 5.73 Å². The Kier molecular flexibility index (Phi) is 2.97. The van der Waals surface area contributed by atoms with Crippen LogP contribution in [0.4, 0.5) is 5.95 Å². The van der Waals surface area contributed by atoms with E-state index in [9.17, 15) is 5.26 Å². The first-order chi connectivity index (χ1) is 12.8. The number of imidazole rings is 1. The van der Waals surface area contributed by atoms with E-state index >= 15 is 0 Å². The van der Waals surface area contributed by atoms with E-state index in [0.717, 1.165) is 27.5 Å². The number of nitrogens with zero attached hydrogens (tertiary/aromatic N) is 4. The first-order valence-electron chi connectivity index (χ1n) is 8.25. The van der Waals surface area contributed by atoms with Crippen molar-refractivity contribution in [2.75, 3.05) is 5.32 Å². The number of para-hydroxylation sites is 3. The molecule has 0 saturated heterocycles. The zero-order chi connectivity index (χ0) is 17.7. The molecule has 26 heavy (non-hydrogen) atoms. The summed E-state index contributed by atoms with van der Waals surface area (Å²) < 4.78 is 1.80. The van der Waals surface area contributed by atoms with Crippen molar-refractivity contribution >= 4 is 33.7 Å². The maximum absolute atomic E-state index is 9.82. The molecule has 6 heteroatoms. The Morgan fingerprint density at radius 1 is 1.04 bits per heavy atom. The predicted molar refractivity (Wildman–Crippen MR) is 101 cm³/mol. The number of nitriles is 1. The van der Waals surface area contributed by atoms with Gasteiger partial charge in [-0.2, -0.15) is 5.26 Å². The van der Waals surface area contributed by atoms with E-state index in [1.807, 2.05) is 54.6 Å². The normalized spacial score (nSPS) is 16.3. The van der Waals surface area contributed by atoms with Gasteiger partial charge in [-0.3, -0.25) is 9.55 Å². The van der Waals surface area contributed by atoms with Gasteiger partial charge in [-0.1, -0.05) is 30.3 Å². The molecule has 0 unspecified atom stereocenters. The fraction of sp³-hybridized carbons (Fsp3) is 0.0500. The molecular formula is C20H14N6. The smallest absolute Gasteiger partial charge is 0.210 e. The van der Waals surface area contributed by atoms with Crippen LogP contribution >= 0.6 is 0 Å². The lowest BCUT2D eigenvalue weighted by molar-refractivity contribution is 0.862. The Balaban J connectivity index is 1.77. The van der Waals surface area contributed by atoms with Crippen LogP contribution in [-0.2, 0) is 0 Å². The summed E-state index contributed by atoms with van der Waals surface area (Å²) >= 11 is 0. The zero-order valence-electron chi connectivity index (χ0n) is 13.7. The van der Waals surface area contributed by atoms with E-state index in [1.54, 1.807) is 10.8 Å². The van der Waals surface area contributed by atoms with Gasteiger partial charge in [-0.05, 0) is 29.8 Å². The molecule has 1 aliphatic heterocycles. The van der Waals surface area contributed by atoms with Gasteiger partial charge in [0, 0.05) is 11.6 Å². The van der Waals surface area contributed by atoms with Crippen LogP contribution in [-0.4, -0.2) is 14.5 Å². The van der Waals surface area contributed by atoms with Gasteiger partial charge in [0.2, 0.25) is 5.95 Å². The molecule has 0 radical (unpaired) electrons. The Bertz CT molecular complexity index is 1240. The summed E-state index contributed by atoms with van der Waals surface area (Å²) in [5, 5.41) is 14.2. The molecule has 2 aromatic carbocycles. The number of rotatable bonds is 1. The van der Waals surface area contributed by atoms with E-state index in [4.69, 9.17) is 5.73 Å². The van der Waals surface area contributed by atoms with E-state index in [1.165, 1.54) is 0 Å². The number of benzene rings is 2. The standard InChI is InChI=1S/C20H14N6/c21-11-14-18(13-9-10-23-15-6-2-1-5-12(13)15)25-20-24-16-7-3-4-8-17(16)26(20)19(14)22/h1-10,18H,22H2,(H,24,25)/t18-/m1/s1. The Hall–Kier alpha value is -3.85. The first kappa shape index (κ1) is 14.5. The van der Waals surface area contributed by atoms with E-state index in [2.05, 4.69) is 21.4 Å². The molecule has 5 rings (SSSR count). The average Bonchev–Trinajstić information content (AvgIpc) is 3.06. The molecule has 0 fully saturated rings. The molecule has 0 bridgehead atoms. The maximum Gasteiger partial charge on any atom is 0.210 e. The molecule has 4 aromatic rings. The largest absolute Gasteiger partial charge is 0.384 e. The first-order valence-corrected chi connectivity index (χ1v) is 8.25. The van der Waals surface area contributed by atoms with Gasteiger partial charge >= 0.3 is 0 Å². The highest BCUT2D eigenvalue weighted by Gasteiger charge is 2.30. The SMILES string of the molecule is N#CC1=C(N)n2c(nc3ccccc32)N[C@@H]1c1ccnc2ccccc12. The van der Waals surface area contributed by atoms with Crippen molar-refractivity contribution in [3.63, 3.8) is 0 Å². The fourth-order valence-corrected chi connectivity index (χ4v) is 3.56.